The van der Waals surface area contributed by atoms with E-state index in [0.29, 0.717) is 13.0 Å². The van der Waals surface area contributed by atoms with Crippen LogP contribution in [0.5, 0.6) is 0 Å². The molecule has 36 heavy (non-hydrogen) atoms. The predicted molar refractivity (Wildman–Crippen MR) is 144 cm³/mol. The number of nitrogens with one attached hydrogen (secondary N) is 2. The summed E-state index contributed by atoms with van der Waals surface area (Å²) in [6.45, 7) is 15.5. The molecule has 1 aromatic rings. The Labute approximate surface area is 217 Å². The van der Waals surface area contributed by atoms with Gasteiger partial charge in [0.1, 0.15) is 17.7 Å². The standard InChI is InChI=1S/C29H47N3O4/c1-9-21(5)24(31-28(35)36-29(6,7)8)27(34)32(10-2)25(22-17-19(3)16-20(4)18-22)26(33)30-23-14-12-11-13-15-23/h16-18,21,23-25H,9-15H2,1-8H3,(H,30,33)(H,31,35). The Kier molecular flexibility index (Phi) is 10.8. The highest BCUT2D eigenvalue weighted by atomic mass is 16.6. The SMILES string of the molecule is CCC(C)C(NC(=O)OC(C)(C)C)C(=O)N(CC)C(C(=O)NC1CCCCC1)c1cc(C)cc(C)c1. The number of hydrogen-bond acceptors (Lipinski definition) is 4. The van der Waals surface area contributed by atoms with E-state index < -0.39 is 23.8 Å². The quantitative estimate of drug-likeness (QED) is 0.462. The van der Waals surface area contributed by atoms with Crippen LogP contribution in [0.3, 0.4) is 0 Å². The molecule has 1 aliphatic carbocycles. The number of carbonyl (C=O) groups excluding carboxylic acids is 3. The van der Waals surface area contributed by atoms with Gasteiger partial charge in [-0.3, -0.25) is 9.59 Å². The average Bonchev–Trinajstić information content (AvgIpc) is 2.78. The Morgan fingerprint density at radius 3 is 2.11 bits per heavy atom. The van der Waals surface area contributed by atoms with Crippen LogP contribution in [-0.2, 0) is 14.3 Å². The molecule has 7 nitrogen and oxygen atoms in total. The molecule has 0 heterocycles. The highest BCUT2D eigenvalue weighted by Gasteiger charge is 2.38. The summed E-state index contributed by atoms with van der Waals surface area (Å²) in [5.74, 6) is -0.580. The van der Waals surface area contributed by atoms with Crippen LogP contribution in [0.1, 0.15) is 103 Å². The summed E-state index contributed by atoms with van der Waals surface area (Å²) in [4.78, 5) is 42.1. The summed E-state index contributed by atoms with van der Waals surface area (Å²) in [5, 5.41) is 6.04. The van der Waals surface area contributed by atoms with Gasteiger partial charge in [0.15, 0.2) is 0 Å². The Morgan fingerprint density at radius 1 is 1.03 bits per heavy atom. The van der Waals surface area contributed by atoms with Crippen molar-refractivity contribution in [2.24, 2.45) is 5.92 Å². The van der Waals surface area contributed by atoms with E-state index in [9.17, 15) is 14.4 Å². The molecular formula is C29H47N3O4. The molecule has 2 rings (SSSR count). The van der Waals surface area contributed by atoms with Crippen LogP contribution in [0, 0.1) is 19.8 Å². The van der Waals surface area contributed by atoms with E-state index in [2.05, 4.69) is 16.7 Å². The molecule has 1 fully saturated rings. The van der Waals surface area contributed by atoms with Gasteiger partial charge in [-0.05, 0) is 65.9 Å². The summed E-state index contributed by atoms with van der Waals surface area (Å²) in [5.41, 5.74) is 2.18. The minimum atomic E-state index is -0.805. The molecule has 0 saturated heterocycles. The van der Waals surface area contributed by atoms with Crippen LogP contribution >= 0.6 is 0 Å². The smallest absolute Gasteiger partial charge is 0.408 e. The average molecular weight is 502 g/mol. The Balaban J connectivity index is 2.43. The zero-order valence-electron chi connectivity index (χ0n) is 23.6. The minimum Gasteiger partial charge on any atom is -0.444 e. The Hall–Kier alpha value is -2.57. The first kappa shape index (κ1) is 29.7. The summed E-state index contributed by atoms with van der Waals surface area (Å²) < 4.78 is 5.45. The van der Waals surface area contributed by atoms with Gasteiger partial charge < -0.3 is 20.3 Å². The van der Waals surface area contributed by atoms with E-state index in [1.807, 2.05) is 46.8 Å². The predicted octanol–water partition coefficient (Wildman–Crippen LogP) is 5.58. The number of likely N-dealkylation sites (N-methyl/N-ethyl adjacent to an activating group) is 1. The van der Waals surface area contributed by atoms with Crippen LogP contribution in [0.15, 0.2) is 18.2 Å². The van der Waals surface area contributed by atoms with Crippen molar-refractivity contribution in [1.82, 2.24) is 15.5 Å². The second-order valence-corrected chi connectivity index (χ2v) is 11.3. The van der Waals surface area contributed by atoms with Crippen LogP contribution < -0.4 is 10.6 Å². The first-order valence-corrected chi connectivity index (χ1v) is 13.5. The maximum absolute atomic E-state index is 14.0. The summed E-state index contributed by atoms with van der Waals surface area (Å²) in [6.07, 6.45) is 5.37. The topological polar surface area (TPSA) is 87.7 Å². The molecule has 0 aromatic heterocycles. The fourth-order valence-corrected chi connectivity index (χ4v) is 4.93. The van der Waals surface area contributed by atoms with E-state index in [1.165, 1.54) is 6.42 Å². The number of ether oxygens (including phenoxy) is 1. The van der Waals surface area contributed by atoms with Crippen molar-refractivity contribution >= 4 is 17.9 Å². The molecule has 7 heteroatoms. The monoisotopic (exact) mass is 501 g/mol. The zero-order valence-corrected chi connectivity index (χ0v) is 23.6. The van der Waals surface area contributed by atoms with Gasteiger partial charge in [0.2, 0.25) is 11.8 Å². The number of alkyl carbamates (subject to hydrolysis) is 1. The molecule has 3 amide bonds. The lowest BCUT2D eigenvalue weighted by molar-refractivity contribution is -0.143. The molecule has 0 aliphatic heterocycles. The van der Waals surface area contributed by atoms with Crippen molar-refractivity contribution in [3.05, 3.63) is 34.9 Å². The summed E-state index contributed by atoms with van der Waals surface area (Å²) >= 11 is 0. The van der Waals surface area contributed by atoms with Crippen LogP contribution in [-0.4, -0.2) is 47.0 Å². The second-order valence-electron chi connectivity index (χ2n) is 11.3. The number of rotatable bonds is 9. The number of hydrogen-bond donors (Lipinski definition) is 2. The lowest BCUT2D eigenvalue weighted by Gasteiger charge is -2.36. The molecule has 1 aliphatic rings. The van der Waals surface area contributed by atoms with Crippen molar-refractivity contribution in [1.29, 1.82) is 0 Å². The number of aryl methyl sites for hydroxylation is 2. The normalized spacial score (nSPS) is 17.0. The molecule has 3 atom stereocenters. The number of nitrogens with zero attached hydrogens (tertiary/aromatic N) is 1. The molecule has 0 radical (unpaired) electrons. The zero-order chi connectivity index (χ0) is 27.0. The van der Waals surface area contributed by atoms with E-state index in [-0.39, 0.29) is 23.8 Å². The van der Waals surface area contributed by atoms with Gasteiger partial charge in [0.05, 0.1) is 0 Å². The maximum Gasteiger partial charge on any atom is 0.408 e. The van der Waals surface area contributed by atoms with Crippen molar-refractivity contribution < 1.29 is 19.1 Å². The van der Waals surface area contributed by atoms with Crippen LogP contribution in [0.25, 0.3) is 0 Å². The first-order chi connectivity index (χ1) is 16.9. The van der Waals surface area contributed by atoms with E-state index in [4.69, 9.17) is 4.74 Å². The summed E-state index contributed by atoms with van der Waals surface area (Å²) in [6, 6.07) is 4.56. The summed E-state index contributed by atoms with van der Waals surface area (Å²) in [7, 11) is 0. The van der Waals surface area contributed by atoms with Gasteiger partial charge >= 0.3 is 6.09 Å². The van der Waals surface area contributed by atoms with E-state index in [1.54, 1.807) is 25.7 Å². The van der Waals surface area contributed by atoms with E-state index >= 15 is 0 Å². The molecule has 3 unspecified atom stereocenters. The molecule has 0 bridgehead atoms. The molecular weight excluding hydrogens is 454 g/mol. The lowest BCUT2D eigenvalue weighted by Crippen LogP contribution is -2.55. The largest absolute Gasteiger partial charge is 0.444 e. The van der Waals surface area contributed by atoms with Gasteiger partial charge in [0.25, 0.3) is 0 Å². The number of benzene rings is 1. The first-order valence-electron chi connectivity index (χ1n) is 13.5. The van der Waals surface area contributed by atoms with Gasteiger partial charge in [-0.1, -0.05) is 68.9 Å². The fraction of sp³-hybridized carbons (Fsp3) is 0.690. The van der Waals surface area contributed by atoms with Gasteiger partial charge in [0, 0.05) is 12.6 Å². The third kappa shape index (κ3) is 8.52. The van der Waals surface area contributed by atoms with Crippen molar-refractivity contribution in [2.45, 2.75) is 118 Å². The maximum atomic E-state index is 14.0. The minimum absolute atomic E-state index is 0.124. The molecule has 1 saturated carbocycles. The molecule has 202 valence electrons. The molecule has 1 aromatic carbocycles. The van der Waals surface area contributed by atoms with Gasteiger partial charge in [-0.15, -0.1) is 0 Å². The van der Waals surface area contributed by atoms with Crippen LogP contribution in [0.4, 0.5) is 4.79 Å². The van der Waals surface area contributed by atoms with Crippen LogP contribution in [0.2, 0.25) is 0 Å². The molecule has 2 N–H and O–H groups in total. The molecule has 0 spiro atoms. The number of carbonyl (C=O) groups is 3. The second kappa shape index (κ2) is 13.1. The Morgan fingerprint density at radius 2 is 1.61 bits per heavy atom. The highest BCUT2D eigenvalue weighted by molar-refractivity contribution is 5.92. The van der Waals surface area contributed by atoms with Crippen molar-refractivity contribution in [3.8, 4) is 0 Å². The number of amides is 3. The third-order valence-corrected chi connectivity index (χ3v) is 6.85. The lowest BCUT2D eigenvalue weighted by atomic mass is 9.93. The van der Waals surface area contributed by atoms with E-state index in [0.717, 1.165) is 42.4 Å². The van der Waals surface area contributed by atoms with Crippen molar-refractivity contribution in [3.63, 3.8) is 0 Å². The highest BCUT2D eigenvalue weighted by Crippen LogP contribution is 2.27. The third-order valence-electron chi connectivity index (χ3n) is 6.85. The van der Waals surface area contributed by atoms with Crippen molar-refractivity contribution in [2.75, 3.05) is 6.54 Å². The van der Waals surface area contributed by atoms with Gasteiger partial charge in [-0.25, -0.2) is 4.79 Å². The van der Waals surface area contributed by atoms with Gasteiger partial charge in [-0.2, -0.15) is 0 Å². The fourth-order valence-electron chi connectivity index (χ4n) is 4.93. The Bertz CT molecular complexity index is 882.